The van der Waals surface area contributed by atoms with Crippen molar-refractivity contribution in [3.8, 4) is 0 Å². The molecule has 1 aromatic heterocycles. The third-order valence-corrected chi connectivity index (χ3v) is 6.29. The summed E-state index contributed by atoms with van der Waals surface area (Å²) >= 11 is 1.42. The molecule has 3 heterocycles. The molecule has 2 saturated heterocycles. The van der Waals surface area contributed by atoms with Crippen LogP contribution in [0.3, 0.4) is 0 Å². The molecule has 8 nitrogen and oxygen atoms in total. The highest BCUT2D eigenvalue weighted by atomic mass is 32.2. The zero-order valence-corrected chi connectivity index (χ0v) is 16.8. The molecule has 0 bridgehead atoms. The predicted molar refractivity (Wildman–Crippen MR) is 105 cm³/mol. The SMILES string of the molecule is O=C(CSc1nnnn1C[C@@H]1CCCO1)N1CC[NH+](Cc2ccccc2)CC1. The van der Waals surface area contributed by atoms with Crippen molar-refractivity contribution >= 4 is 17.7 Å². The van der Waals surface area contributed by atoms with Gasteiger partial charge in [-0.2, -0.15) is 0 Å². The van der Waals surface area contributed by atoms with Crippen LogP contribution >= 0.6 is 11.8 Å². The van der Waals surface area contributed by atoms with Crippen molar-refractivity contribution in [2.75, 3.05) is 38.5 Å². The Labute approximate surface area is 169 Å². The van der Waals surface area contributed by atoms with E-state index in [9.17, 15) is 4.79 Å². The number of hydrogen-bond donors (Lipinski definition) is 1. The fourth-order valence-corrected chi connectivity index (χ4v) is 4.54. The second-order valence-corrected chi connectivity index (χ2v) is 8.30. The number of thioether (sulfide) groups is 1. The summed E-state index contributed by atoms with van der Waals surface area (Å²) in [6.45, 7) is 6.08. The number of hydrogen-bond acceptors (Lipinski definition) is 6. The fraction of sp³-hybridized carbons (Fsp3) is 0.579. The number of quaternary nitrogens is 1. The van der Waals surface area contributed by atoms with E-state index in [1.54, 1.807) is 4.68 Å². The summed E-state index contributed by atoms with van der Waals surface area (Å²) in [5.41, 5.74) is 1.35. The lowest BCUT2D eigenvalue weighted by Gasteiger charge is -2.32. The van der Waals surface area contributed by atoms with Crippen LogP contribution in [0.15, 0.2) is 35.5 Å². The monoisotopic (exact) mass is 403 g/mol. The first kappa shape index (κ1) is 19.4. The van der Waals surface area contributed by atoms with Crippen molar-refractivity contribution in [1.82, 2.24) is 25.1 Å². The molecule has 0 unspecified atom stereocenters. The van der Waals surface area contributed by atoms with Crippen LogP contribution < -0.4 is 4.90 Å². The van der Waals surface area contributed by atoms with Crippen LogP contribution in [0.25, 0.3) is 0 Å². The minimum atomic E-state index is 0.162. The molecule has 1 aromatic carbocycles. The van der Waals surface area contributed by atoms with Gasteiger partial charge in [-0.15, -0.1) is 5.10 Å². The number of piperazine rings is 1. The number of carbonyl (C=O) groups is 1. The first-order valence-electron chi connectivity index (χ1n) is 9.94. The van der Waals surface area contributed by atoms with E-state index < -0.39 is 0 Å². The fourth-order valence-electron chi connectivity index (χ4n) is 3.75. The van der Waals surface area contributed by atoms with E-state index in [4.69, 9.17) is 4.74 Å². The summed E-state index contributed by atoms with van der Waals surface area (Å²) in [6.07, 6.45) is 2.31. The van der Waals surface area contributed by atoms with Gasteiger partial charge in [-0.05, 0) is 23.3 Å². The Balaban J connectivity index is 1.21. The molecule has 2 aromatic rings. The number of nitrogens with one attached hydrogen (secondary N) is 1. The van der Waals surface area contributed by atoms with Gasteiger partial charge in [-0.25, -0.2) is 4.68 Å². The van der Waals surface area contributed by atoms with Crippen molar-refractivity contribution in [2.45, 2.75) is 37.2 Å². The Morgan fingerprint density at radius 2 is 2.07 bits per heavy atom. The number of amides is 1. The number of benzene rings is 1. The van der Waals surface area contributed by atoms with Crippen molar-refractivity contribution in [3.05, 3.63) is 35.9 Å². The first-order chi connectivity index (χ1) is 13.8. The maximum Gasteiger partial charge on any atom is 0.233 e. The maximum absolute atomic E-state index is 12.6. The molecule has 4 rings (SSSR count). The van der Waals surface area contributed by atoms with Crippen molar-refractivity contribution in [1.29, 1.82) is 0 Å². The van der Waals surface area contributed by atoms with Gasteiger partial charge in [0.25, 0.3) is 0 Å². The molecular weight excluding hydrogens is 376 g/mol. The molecule has 150 valence electrons. The van der Waals surface area contributed by atoms with Crippen LogP contribution in [0.2, 0.25) is 0 Å². The average Bonchev–Trinajstić information content (AvgIpc) is 3.40. The summed E-state index contributed by atoms with van der Waals surface area (Å²) in [4.78, 5) is 16.1. The van der Waals surface area contributed by atoms with Gasteiger partial charge >= 0.3 is 0 Å². The Morgan fingerprint density at radius 1 is 1.25 bits per heavy atom. The largest absolute Gasteiger partial charge is 0.376 e. The molecular formula is C19H27N6O2S+. The van der Waals surface area contributed by atoms with E-state index in [0.29, 0.717) is 17.5 Å². The molecule has 0 saturated carbocycles. The summed E-state index contributed by atoms with van der Waals surface area (Å²) in [5, 5.41) is 12.6. The van der Waals surface area contributed by atoms with E-state index >= 15 is 0 Å². The van der Waals surface area contributed by atoms with Crippen molar-refractivity contribution in [3.63, 3.8) is 0 Å². The number of rotatable bonds is 7. The quantitative estimate of drug-likeness (QED) is 0.649. The lowest BCUT2D eigenvalue weighted by atomic mass is 10.2. The molecule has 2 aliphatic rings. The van der Waals surface area contributed by atoms with Gasteiger partial charge in [0, 0.05) is 12.2 Å². The minimum absolute atomic E-state index is 0.162. The molecule has 0 aliphatic carbocycles. The standard InChI is InChI=1S/C19H26N6O2S/c26-18(15-28-19-20-21-22-25(19)14-17-7-4-12-27-17)24-10-8-23(9-11-24)13-16-5-2-1-3-6-16/h1-3,5-6,17H,4,7-15H2/p+1/t17-/m0/s1. The molecule has 28 heavy (non-hydrogen) atoms. The third-order valence-electron chi connectivity index (χ3n) is 5.34. The molecule has 1 atom stereocenters. The Kier molecular flexibility index (Phi) is 6.56. The zero-order valence-electron chi connectivity index (χ0n) is 16.0. The van der Waals surface area contributed by atoms with Crippen LogP contribution in [-0.4, -0.2) is 75.7 Å². The molecule has 2 fully saturated rings. The van der Waals surface area contributed by atoms with Gasteiger partial charge in [0.15, 0.2) is 0 Å². The molecule has 0 radical (unpaired) electrons. The highest BCUT2D eigenvalue weighted by Crippen LogP contribution is 2.18. The molecule has 1 N–H and O–H groups in total. The molecule has 2 aliphatic heterocycles. The first-order valence-corrected chi connectivity index (χ1v) is 10.9. The predicted octanol–water partition coefficient (Wildman–Crippen LogP) is -0.128. The van der Waals surface area contributed by atoms with E-state index in [-0.39, 0.29) is 12.0 Å². The van der Waals surface area contributed by atoms with E-state index in [1.807, 2.05) is 11.0 Å². The van der Waals surface area contributed by atoms with Gasteiger partial charge in [-0.1, -0.05) is 42.1 Å². The number of carbonyl (C=O) groups excluding carboxylic acids is 1. The van der Waals surface area contributed by atoms with Crippen molar-refractivity contribution in [2.24, 2.45) is 0 Å². The van der Waals surface area contributed by atoms with E-state index in [2.05, 4.69) is 39.8 Å². The zero-order chi connectivity index (χ0) is 19.2. The Morgan fingerprint density at radius 3 is 2.82 bits per heavy atom. The Bertz CT molecular complexity index is 757. The number of ether oxygens (including phenoxy) is 1. The maximum atomic E-state index is 12.6. The number of tetrazole rings is 1. The summed E-state index contributed by atoms with van der Waals surface area (Å²) in [5.74, 6) is 0.537. The number of nitrogens with zero attached hydrogens (tertiary/aromatic N) is 5. The van der Waals surface area contributed by atoms with Gasteiger partial charge in [-0.3, -0.25) is 4.79 Å². The lowest BCUT2D eigenvalue weighted by molar-refractivity contribution is -0.917. The van der Waals surface area contributed by atoms with Crippen LogP contribution in [0.5, 0.6) is 0 Å². The van der Waals surface area contributed by atoms with Crippen LogP contribution in [0, 0.1) is 0 Å². The highest BCUT2D eigenvalue weighted by Gasteiger charge is 2.25. The van der Waals surface area contributed by atoms with Crippen molar-refractivity contribution < 1.29 is 14.4 Å². The second-order valence-electron chi connectivity index (χ2n) is 7.36. The highest BCUT2D eigenvalue weighted by molar-refractivity contribution is 7.99. The second kappa shape index (κ2) is 9.49. The molecule has 0 spiro atoms. The summed E-state index contributed by atoms with van der Waals surface area (Å²) < 4.78 is 7.41. The van der Waals surface area contributed by atoms with Crippen LogP contribution in [0.4, 0.5) is 0 Å². The average molecular weight is 404 g/mol. The van der Waals surface area contributed by atoms with Gasteiger partial charge in [0.05, 0.1) is 44.6 Å². The summed E-state index contributed by atoms with van der Waals surface area (Å²) in [7, 11) is 0. The van der Waals surface area contributed by atoms with Gasteiger partial charge < -0.3 is 14.5 Å². The summed E-state index contributed by atoms with van der Waals surface area (Å²) in [6, 6.07) is 10.5. The normalized spacial score (nSPS) is 20.6. The molecule has 1 amide bonds. The molecule has 9 heteroatoms. The third kappa shape index (κ3) is 5.09. The number of aromatic nitrogens is 4. The smallest absolute Gasteiger partial charge is 0.233 e. The van der Waals surface area contributed by atoms with Crippen LogP contribution in [-0.2, 0) is 22.6 Å². The van der Waals surface area contributed by atoms with Crippen LogP contribution in [0.1, 0.15) is 18.4 Å². The lowest BCUT2D eigenvalue weighted by Crippen LogP contribution is -3.13. The van der Waals surface area contributed by atoms with Gasteiger partial charge in [0.2, 0.25) is 11.1 Å². The minimum Gasteiger partial charge on any atom is -0.376 e. The Hall–Kier alpha value is -1.97. The van der Waals surface area contributed by atoms with E-state index in [1.165, 1.54) is 22.2 Å². The van der Waals surface area contributed by atoms with E-state index in [0.717, 1.165) is 52.2 Å². The topological polar surface area (TPSA) is 77.6 Å². The van der Waals surface area contributed by atoms with Gasteiger partial charge in [0.1, 0.15) is 6.54 Å².